The van der Waals surface area contributed by atoms with Crippen molar-refractivity contribution >= 4 is 0 Å². The molecule has 4 nitrogen and oxygen atoms in total. The molecule has 0 fully saturated rings. The summed E-state index contributed by atoms with van der Waals surface area (Å²) in [6.07, 6.45) is 10.9. The maximum absolute atomic E-state index is 5.62. The van der Waals surface area contributed by atoms with Crippen LogP contribution in [0.15, 0.2) is 24.0 Å². The minimum atomic E-state index is 0.0744. The van der Waals surface area contributed by atoms with Gasteiger partial charge in [0.05, 0.1) is 0 Å². The molecule has 4 heteroatoms. The number of rotatable bonds is 3. The van der Waals surface area contributed by atoms with Gasteiger partial charge in [0, 0.05) is 19.4 Å². The molecule has 1 aromatic rings. The maximum atomic E-state index is 5.62. The normalized spacial score (nSPS) is 18.7. The Hall–Kier alpha value is -1.13. The minimum absolute atomic E-state index is 0.0744. The zero-order chi connectivity index (χ0) is 10.7. The van der Waals surface area contributed by atoms with Crippen LogP contribution < -0.4 is 11.3 Å². The summed E-state index contributed by atoms with van der Waals surface area (Å²) >= 11 is 0. The van der Waals surface area contributed by atoms with E-state index < -0.39 is 0 Å². The lowest BCUT2D eigenvalue weighted by Gasteiger charge is -2.22. The fourth-order valence-corrected chi connectivity index (χ4v) is 2.13. The molecule has 1 aliphatic rings. The Morgan fingerprint density at radius 1 is 1.53 bits per heavy atom. The molecular formula is C11H18N4. The summed E-state index contributed by atoms with van der Waals surface area (Å²) in [4.78, 5) is 4.34. The molecule has 3 N–H and O–H groups in total. The number of imidazole rings is 1. The lowest BCUT2D eigenvalue weighted by Crippen LogP contribution is -2.31. The highest BCUT2D eigenvalue weighted by Gasteiger charge is 2.19. The zero-order valence-electron chi connectivity index (χ0n) is 9.11. The molecule has 0 saturated heterocycles. The molecule has 1 heterocycles. The molecule has 0 spiro atoms. The van der Waals surface area contributed by atoms with Crippen LogP contribution in [0.25, 0.3) is 0 Å². The quantitative estimate of drug-likeness (QED) is 0.447. The average molecular weight is 206 g/mol. The average Bonchev–Trinajstić information content (AvgIpc) is 2.68. The number of nitrogens with two attached hydrogens (primary N) is 1. The Morgan fingerprint density at radius 3 is 2.93 bits per heavy atom. The predicted octanol–water partition coefficient (Wildman–Crippen LogP) is 1.42. The standard InChI is InChI=1S/C11H18N4/c1-15-8-7-13-11(15)10(14-12)9-5-3-2-4-6-9/h5,7-8,10,14H,2-4,6,12H2,1H3. The van der Waals surface area contributed by atoms with Gasteiger partial charge in [-0.2, -0.15) is 0 Å². The number of hydrogen-bond donors (Lipinski definition) is 2. The van der Waals surface area contributed by atoms with Gasteiger partial charge in [-0.25, -0.2) is 10.4 Å². The monoisotopic (exact) mass is 206 g/mol. The molecule has 2 rings (SSSR count). The third-order valence-corrected chi connectivity index (χ3v) is 2.98. The SMILES string of the molecule is Cn1ccnc1C(NN)C1=CCCCC1. The molecule has 1 unspecified atom stereocenters. The van der Waals surface area contributed by atoms with Crippen LogP contribution in [0.2, 0.25) is 0 Å². The van der Waals surface area contributed by atoms with Gasteiger partial charge in [0.1, 0.15) is 11.9 Å². The summed E-state index contributed by atoms with van der Waals surface area (Å²) in [5.41, 5.74) is 4.24. The molecule has 1 aromatic heterocycles. The first-order valence-corrected chi connectivity index (χ1v) is 5.45. The van der Waals surface area contributed by atoms with Crippen molar-refractivity contribution in [2.75, 3.05) is 0 Å². The summed E-state index contributed by atoms with van der Waals surface area (Å²) in [6.45, 7) is 0. The third-order valence-electron chi connectivity index (χ3n) is 2.98. The topological polar surface area (TPSA) is 55.9 Å². The van der Waals surface area contributed by atoms with Gasteiger partial charge in [-0.15, -0.1) is 0 Å². The van der Waals surface area contributed by atoms with Crippen molar-refractivity contribution < 1.29 is 0 Å². The van der Waals surface area contributed by atoms with Crippen molar-refractivity contribution in [3.63, 3.8) is 0 Å². The highest BCUT2D eigenvalue weighted by molar-refractivity contribution is 5.19. The van der Waals surface area contributed by atoms with Crippen LogP contribution in [0.3, 0.4) is 0 Å². The van der Waals surface area contributed by atoms with Gasteiger partial charge in [-0.05, 0) is 31.3 Å². The first-order valence-electron chi connectivity index (χ1n) is 5.45. The smallest absolute Gasteiger partial charge is 0.131 e. The first-order chi connectivity index (χ1) is 7.33. The fraction of sp³-hybridized carbons (Fsp3) is 0.545. The molecule has 0 bridgehead atoms. The largest absolute Gasteiger partial charge is 0.336 e. The summed E-state index contributed by atoms with van der Waals surface area (Å²) in [5.74, 6) is 6.61. The van der Waals surface area contributed by atoms with Gasteiger partial charge < -0.3 is 4.57 Å². The molecule has 0 radical (unpaired) electrons. The number of hydrazine groups is 1. The number of nitrogens with one attached hydrogen (secondary N) is 1. The summed E-state index contributed by atoms with van der Waals surface area (Å²) in [6, 6.07) is 0.0744. The van der Waals surface area contributed by atoms with Gasteiger partial charge in [-0.1, -0.05) is 6.08 Å². The number of allylic oxidation sites excluding steroid dienone is 1. The Balaban J connectivity index is 2.24. The van der Waals surface area contributed by atoms with Crippen molar-refractivity contribution in [1.82, 2.24) is 15.0 Å². The van der Waals surface area contributed by atoms with Crippen LogP contribution in [0, 0.1) is 0 Å². The van der Waals surface area contributed by atoms with Crippen LogP contribution in [-0.4, -0.2) is 9.55 Å². The van der Waals surface area contributed by atoms with E-state index in [1.807, 2.05) is 24.0 Å². The molecular weight excluding hydrogens is 188 g/mol. The van der Waals surface area contributed by atoms with Gasteiger partial charge >= 0.3 is 0 Å². The minimum Gasteiger partial charge on any atom is -0.336 e. The van der Waals surface area contributed by atoms with Crippen LogP contribution in [0.1, 0.15) is 37.5 Å². The molecule has 1 aliphatic carbocycles. The van der Waals surface area contributed by atoms with E-state index in [2.05, 4.69) is 16.5 Å². The predicted molar refractivity (Wildman–Crippen MR) is 59.8 cm³/mol. The molecule has 0 amide bonds. The van der Waals surface area contributed by atoms with E-state index in [0.717, 1.165) is 18.7 Å². The lowest BCUT2D eigenvalue weighted by atomic mass is 9.94. The Morgan fingerprint density at radius 2 is 2.40 bits per heavy atom. The lowest BCUT2D eigenvalue weighted by molar-refractivity contribution is 0.529. The number of hydrogen-bond acceptors (Lipinski definition) is 3. The highest BCUT2D eigenvalue weighted by atomic mass is 15.3. The van der Waals surface area contributed by atoms with Gasteiger partial charge in [0.15, 0.2) is 0 Å². The fourth-order valence-electron chi connectivity index (χ4n) is 2.13. The van der Waals surface area contributed by atoms with Gasteiger partial charge in [0.25, 0.3) is 0 Å². The van der Waals surface area contributed by atoms with E-state index in [-0.39, 0.29) is 6.04 Å². The molecule has 1 atom stereocenters. The molecule has 0 aliphatic heterocycles. The van der Waals surface area contributed by atoms with Crippen molar-refractivity contribution in [2.24, 2.45) is 12.9 Å². The van der Waals surface area contributed by atoms with Crippen molar-refractivity contribution in [3.8, 4) is 0 Å². The van der Waals surface area contributed by atoms with E-state index >= 15 is 0 Å². The Bertz CT molecular complexity index is 353. The van der Waals surface area contributed by atoms with E-state index in [9.17, 15) is 0 Å². The second-order valence-electron chi connectivity index (χ2n) is 4.02. The molecule has 0 aromatic carbocycles. The van der Waals surface area contributed by atoms with Crippen molar-refractivity contribution in [1.29, 1.82) is 0 Å². The summed E-state index contributed by atoms with van der Waals surface area (Å²) in [5, 5.41) is 0. The van der Waals surface area contributed by atoms with Crippen LogP contribution in [-0.2, 0) is 7.05 Å². The van der Waals surface area contributed by atoms with Crippen molar-refractivity contribution in [2.45, 2.75) is 31.7 Å². The molecule has 82 valence electrons. The number of aromatic nitrogens is 2. The summed E-state index contributed by atoms with van der Waals surface area (Å²) < 4.78 is 2.01. The van der Waals surface area contributed by atoms with Gasteiger partial charge in [0.2, 0.25) is 0 Å². The number of aryl methyl sites for hydroxylation is 1. The van der Waals surface area contributed by atoms with Crippen molar-refractivity contribution in [3.05, 3.63) is 29.9 Å². The van der Waals surface area contributed by atoms with E-state index in [4.69, 9.17) is 5.84 Å². The second-order valence-corrected chi connectivity index (χ2v) is 4.02. The summed E-state index contributed by atoms with van der Waals surface area (Å²) in [7, 11) is 2.00. The van der Waals surface area contributed by atoms with E-state index in [1.54, 1.807) is 0 Å². The second kappa shape index (κ2) is 4.59. The van der Waals surface area contributed by atoms with Crippen LogP contribution in [0.5, 0.6) is 0 Å². The maximum Gasteiger partial charge on any atom is 0.131 e. The van der Waals surface area contributed by atoms with E-state index in [0.29, 0.717) is 0 Å². The zero-order valence-corrected chi connectivity index (χ0v) is 9.11. The third kappa shape index (κ3) is 2.11. The highest BCUT2D eigenvalue weighted by Crippen LogP contribution is 2.27. The Kier molecular flexibility index (Phi) is 3.18. The van der Waals surface area contributed by atoms with Crippen LogP contribution >= 0.6 is 0 Å². The van der Waals surface area contributed by atoms with Crippen LogP contribution in [0.4, 0.5) is 0 Å². The molecule has 0 saturated carbocycles. The van der Waals surface area contributed by atoms with E-state index in [1.165, 1.54) is 18.4 Å². The number of nitrogens with zero attached hydrogens (tertiary/aromatic N) is 2. The first kappa shape index (κ1) is 10.4. The Labute approximate surface area is 90.2 Å². The van der Waals surface area contributed by atoms with Gasteiger partial charge in [-0.3, -0.25) is 5.84 Å². The molecule has 15 heavy (non-hydrogen) atoms.